The number of benzene rings is 2. The highest BCUT2D eigenvalue weighted by molar-refractivity contribution is 7.91. The molecule has 6 heteroatoms. The van der Waals surface area contributed by atoms with Crippen LogP contribution in [0.2, 0.25) is 0 Å². The lowest BCUT2D eigenvalue weighted by Gasteiger charge is -2.19. The van der Waals surface area contributed by atoms with E-state index in [1.165, 1.54) is 5.56 Å². The first-order valence-electron chi connectivity index (χ1n) is 9.63. The summed E-state index contributed by atoms with van der Waals surface area (Å²) in [7, 11) is -3.81. The van der Waals surface area contributed by atoms with Crippen molar-refractivity contribution in [2.75, 3.05) is 6.54 Å². The van der Waals surface area contributed by atoms with Crippen LogP contribution in [0.1, 0.15) is 43.1 Å². The van der Waals surface area contributed by atoms with Crippen molar-refractivity contribution in [1.29, 1.82) is 0 Å². The minimum atomic E-state index is -3.81. The number of aryl methyl sites for hydroxylation is 1. The van der Waals surface area contributed by atoms with Crippen molar-refractivity contribution in [3.05, 3.63) is 71.8 Å². The average molecular weight is 399 g/mol. The van der Waals surface area contributed by atoms with Crippen molar-refractivity contribution in [2.24, 2.45) is 4.99 Å². The van der Waals surface area contributed by atoms with Gasteiger partial charge in [0.1, 0.15) is 5.71 Å². The Labute approximate surface area is 167 Å². The second kappa shape index (κ2) is 8.69. The molecule has 1 amide bonds. The van der Waals surface area contributed by atoms with Crippen LogP contribution in [0.25, 0.3) is 0 Å². The second-order valence-electron chi connectivity index (χ2n) is 7.24. The van der Waals surface area contributed by atoms with E-state index in [-0.39, 0.29) is 5.71 Å². The first-order valence-corrected chi connectivity index (χ1v) is 11.1. The quantitative estimate of drug-likeness (QED) is 0.667. The van der Waals surface area contributed by atoms with Gasteiger partial charge in [0.15, 0.2) is 5.25 Å². The van der Waals surface area contributed by atoms with Gasteiger partial charge in [-0.2, -0.15) is 0 Å². The number of hydrogen-bond acceptors (Lipinski definition) is 4. The summed E-state index contributed by atoms with van der Waals surface area (Å²) >= 11 is 0. The normalized spacial score (nSPS) is 20.2. The fraction of sp³-hybridized carbons (Fsp3) is 0.364. The molecule has 3 rings (SSSR count). The van der Waals surface area contributed by atoms with Crippen molar-refractivity contribution in [1.82, 2.24) is 4.31 Å². The summed E-state index contributed by atoms with van der Waals surface area (Å²) in [6.07, 6.45) is 2.68. The molecule has 1 unspecified atom stereocenters. The van der Waals surface area contributed by atoms with E-state index in [4.69, 9.17) is 0 Å². The summed E-state index contributed by atoms with van der Waals surface area (Å²) in [5.41, 5.74) is 1.99. The summed E-state index contributed by atoms with van der Waals surface area (Å²) < 4.78 is 27.1. The number of nitrogens with zero attached hydrogens (tertiary/aromatic N) is 2. The van der Waals surface area contributed by atoms with E-state index >= 15 is 0 Å². The Morgan fingerprint density at radius 2 is 1.57 bits per heavy atom. The number of rotatable bonds is 7. The zero-order chi connectivity index (χ0) is 20.1. The van der Waals surface area contributed by atoms with Crippen molar-refractivity contribution < 1.29 is 13.2 Å². The lowest BCUT2D eigenvalue weighted by Crippen LogP contribution is -2.37. The summed E-state index contributed by atoms with van der Waals surface area (Å²) in [6, 6.07) is 18.6. The smallest absolute Gasteiger partial charge is 0.282 e. The van der Waals surface area contributed by atoms with Gasteiger partial charge in [0.2, 0.25) is 0 Å². The molecule has 1 saturated heterocycles. The maximum absolute atomic E-state index is 13.1. The molecule has 0 spiro atoms. The highest BCUT2D eigenvalue weighted by atomic mass is 32.2. The molecule has 0 aliphatic carbocycles. The van der Waals surface area contributed by atoms with Gasteiger partial charge in [0.05, 0.1) is 0 Å². The summed E-state index contributed by atoms with van der Waals surface area (Å²) in [5, 5.41) is -1.02. The van der Waals surface area contributed by atoms with Gasteiger partial charge in [-0.05, 0) is 44.2 Å². The third kappa shape index (κ3) is 4.17. The minimum absolute atomic E-state index is 0.139. The van der Waals surface area contributed by atoms with E-state index in [0.29, 0.717) is 12.1 Å². The summed E-state index contributed by atoms with van der Waals surface area (Å²) in [6.45, 7) is 3.86. The molecule has 0 radical (unpaired) electrons. The standard InChI is InChI=1S/C22H26N2O3S/c1-17(2)24-22(25)20(21(28(24,26)27)19-14-7-4-8-15-19)23-16-10-9-13-18-11-5-3-6-12-18/h3-8,11-12,14-15,17,21H,9-10,13,16H2,1-2H3. The fourth-order valence-corrected chi connectivity index (χ4v) is 5.61. The van der Waals surface area contributed by atoms with E-state index in [1.54, 1.807) is 38.1 Å². The molecular formula is C22H26N2O3S. The molecule has 2 aromatic rings. The zero-order valence-electron chi connectivity index (χ0n) is 16.3. The largest absolute Gasteiger partial charge is 0.283 e. The Kier molecular flexibility index (Phi) is 6.29. The number of aliphatic imine (C=N–C) groups is 1. The molecule has 1 atom stereocenters. The summed E-state index contributed by atoms with van der Waals surface area (Å²) in [4.78, 5) is 17.3. The maximum atomic E-state index is 13.1. The van der Waals surface area contributed by atoms with Crippen LogP contribution >= 0.6 is 0 Å². The van der Waals surface area contributed by atoms with E-state index < -0.39 is 27.2 Å². The number of carbonyl (C=O) groups excluding carboxylic acids is 1. The Bertz CT molecular complexity index is 938. The third-order valence-corrected chi connectivity index (χ3v) is 7.04. The van der Waals surface area contributed by atoms with Gasteiger partial charge in [-0.3, -0.25) is 9.79 Å². The number of hydrogen-bond donors (Lipinski definition) is 0. The minimum Gasteiger partial charge on any atom is -0.282 e. The van der Waals surface area contributed by atoms with Gasteiger partial charge in [-0.25, -0.2) is 12.7 Å². The predicted molar refractivity (Wildman–Crippen MR) is 112 cm³/mol. The van der Waals surface area contributed by atoms with Gasteiger partial charge >= 0.3 is 0 Å². The van der Waals surface area contributed by atoms with Crippen LogP contribution < -0.4 is 0 Å². The lowest BCUT2D eigenvalue weighted by atomic mass is 10.1. The van der Waals surface area contributed by atoms with Crippen LogP contribution in [0.3, 0.4) is 0 Å². The molecule has 148 valence electrons. The van der Waals surface area contributed by atoms with Crippen LogP contribution in [0.4, 0.5) is 0 Å². The first-order chi connectivity index (χ1) is 13.4. The molecule has 1 aliphatic heterocycles. The van der Waals surface area contributed by atoms with E-state index in [9.17, 15) is 13.2 Å². The Hall–Kier alpha value is -2.47. The van der Waals surface area contributed by atoms with E-state index in [0.717, 1.165) is 23.6 Å². The van der Waals surface area contributed by atoms with Crippen LogP contribution in [0.5, 0.6) is 0 Å². The number of amides is 1. The van der Waals surface area contributed by atoms with Gasteiger partial charge in [0.25, 0.3) is 15.9 Å². The van der Waals surface area contributed by atoms with Crippen LogP contribution in [0.15, 0.2) is 65.7 Å². The lowest BCUT2D eigenvalue weighted by molar-refractivity contribution is -0.120. The fourth-order valence-electron chi connectivity index (χ4n) is 3.52. The molecular weight excluding hydrogens is 372 g/mol. The summed E-state index contributed by atoms with van der Waals surface area (Å²) in [5.74, 6) is -0.494. The molecule has 1 fully saturated rings. The monoisotopic (exact) mass is 398 g/mol. The van der Waals surface area contributed by atoms with Crippen molar-refractivity contribution in [3.8, 4) is 0 Å². The van der Waals surface area contributed by atoms with Gasteiger partial charge in [-0.1, -0.05) is 60.7 Å². The van der Waals surface area contributed by atoms with Crippen molar-refractivity contribution >= 4 is 21.6 Å². The SMILES string of the molecule is CC(C)N1C(=O)C(=NCCCCc2ccccc2)C(c2ccccc2)S1(=O)=O. The molecule has 28 heavy (non-hydrogen) atoms. The third-order valence-electron chi connectivity index (χ3n) is 4.81. The zero-order valence-corrected chi connectivity index (χ0v) is 17.1. The molecule has 0 saturated carbocycles. The molecule has 0 N–H and O–H groups in total. The molecule has 1 heterocycles. The Morgan fingerprint density at radius 1 is 0.964 bits per heavy atom. The molecule has 1 aliphatic rings. The first kappa shape index (κ1) is 20.3. The van der Waals surface area contributed by atoms with E-state index in [1.807, 2.05) is 24.3 Å². The maximum Gasteiger partial charge on any atom is 0.283 e. The predicted octanol–water partition coefficient (Wildman–Crippen LogP) is 3.77. The average Bonchev–Trinajstić information content (AvgIpc) is 2.88. The van der Waals surface area contributed by atoms with Crippen LogP contribution in [-0.2, 0) is 21.2 Å². The van der Waals surface area contributed by atoms with E-state index in [2.05, 4.69) is 17.1 Å². The molecule has 0 bridgehead atoms. The van der Waals surface area contributed by atoms with Gasteiger partial charge in [-0.15, -0.1) is 0 Å². The van der Waals surface area contributed by atoms with Crippen LogP contribution in [-0.4, -0.2) is 36.9 Å². The number of carbonyl (C=O) groups is 1. The van der Waals surface area contributed by atoms with Crippen molar-refractivity contribution in [3.63, 3.8) is 0 Å². The Morgan fingerprint density at radius 3 is 2.18 bits per heavy atom. The molecule has 2 aromatic carbocycles. The Balaban J connectivity index is 1.78. The van der Waals surface area contributed by atoms with Gasteiger partial charge < -0.3 is 0 Å². The highest BCUT2D eigenvalue weighted by Crippen LogP contribution is 2.35. The molecule has 5 nitrogen and oxygen atoms in total. The number of unbranched alkanes of at least 4 members (excludes halogenated alkanes) is 1. The highest BCUT2D eigenvalue weighted by Gasteiger charge is 2.51. The van der Waals surface area contributed by atoms with Gasteiger partial charge in [0, 0.05) is 12.6 Å². The topological polar surface area (TPSA) is 66.8 Å². The molecule has 0 aromatic heterocycles. The number of sulfonamides is 1. The second-order valence-corrected chi connectivity index (χ2v) is 9.13. The van der Waals surface area contributed by atoms with Crippen molar-refractivity contribution in [2.45, 2.75) is 44.4 Å². The van der Waals surface area contributed by atoms with Crippen LogP contribution in [0, 0.1) is 0 Å².